The molecule has 0 N–H and O–H groups in total. The maximum Gasteiger partial charge on any atom is 0.185 e. The second-order valence-electron chi connectivity index (χ2n) is 3.05. The highest BCUT2D eigenvalue weighted by atomic mass is 32.1. The van der Waals surface area contributed by atoms with Crippen molar-refractivity contribution in [1.29, 1.82) is 0 Å². The molecule has 0 amide bonds. The van der Waals surface area contributed by atoms with Crippen molar-refractivity contribution in [3.63, 3.8) is 0 Å². The van der Waals surface area contributed by atoms with Crippen LogP contribution >= 0.6 is 11.3 Å². The molecule has 0 atom stereocenters. The first-order valence-corrected chi connectivity index (χ1v) is 5.05. The second kappa shape index (κ2) is 3.27. The predicted molar refractivity (Wildman–Crippen MR) is 52.7 cm³/mol. The van der Waals surface area contributed by atoms with Crippen LogP contribution in [0, 0.1) is 0 Å². The number of rotatable bonds is 1. The Morgan fingerprint density at radius 3 is 2.75 bits per heavy atom. The number of thiazole rings is 1. The molecule has 12 heavy (non-hydrogen) atoms. The Bertz CT molecular complexity index is 256. The molecule has 1 aliphatic rings. The molecule has 0 spiro atoms. The molecule has 0 aliphatic carbocycles. The topological polar surface area (TPSA) is 16.1 Å². The lowest BCUT2D eigenvalue weighted by Crippen LogP contribution is -2.30. The van der Waals surface area contributed by atoms with Crippen molar-refractivity contribution in [2.45, 2.75) is 12.8 Å². The number of aromatic nitrogens is 1. The standard InChI is InChI=1S/C9H12N2S/c1-8-2-5-11(6-3-8)9-10-4-7-12-9/h4,7H,1-3,5-6H2. The van der Waals surface area contributed by atoms with E-state index in [1.54, 1.807) is 11.3 Å². The average molecular weight is 180 g/mol. The van der Waals surface area contributed by atoms with Crippen LogP contribution in [0.3, 0.4) is 0 Å². The highest BCUT2D eigenvalue weighted by Crippen LogP contribution is 2.23. The fraction of sp³-hybridized carbons (Fsp3) is 0.444. The van der Waals surface area contributed by atoms with Gasteiger partial charge in [-0.15, -0.1) is 11.3 Å². The van der Waals surface area contributed by atoms with Gasteiger partial charge in [-0.25, -0.2) is 4.98 Å². The van der Waals surface area contributed by atoms with Crippen LogP contribution in [0.1, 0.15) is 12.8 Å². The number of nitrogens with zero attached hydrogens (tertiary/aromatic N) is 2. The van der Waals surface area contributed by atoms with Gasteiger partial charge < -0.3 is 4.90 Å². The molecule has 2 rings (SSSR count). The van der Waals surface area contributed by atoms with Gasteiger partial charge in [0, 0.05) is 24.7 Å². The predicted octanol–water partition coefficient (Wildman–Crippen LogP) is 2.30. The SMILES string of the molecule is C=C1CCN(c2nccs2)CC1. The first-order chi connectivity index (χ1) is 5.86. The highest BCUT2D eigenvalue weighted by molar-refractivity contribution is 7.13. The van der Waals surface area contributed by atoms with Gasteiger partial charge in [-0.1, -0.05) is 12.2 Å². The molecule has 0 radical (unpaired) electrons. The van der Waals surface area contributed by atoms with Crippen molar-refractivity contribution in [3.05, 3.63) is 23.7 Å². The minimum Gasteiger partial charge on any atom is -0.347 e. The van der Waals surface area contributed by atoms with Crippen molar-refractivity contribution < 1.29 is 0 Å². The maximum absolute atomic E-state index is 4.28. The molecule has 1 aliphatic heterocycles. The quantitative estimate of drug-likeness (QED) is 0.616. The lowest BCUT2D eigenvalue weighted by Gasteiger charge is -2.27. The molecular weight excluding hydrogens is 168 g/mol. The molecule has 1 fully saturated rings. The summed E-state index contributed by atoms with van der Waals surface area (Å²) in [6.45, 7) is 6.17. The van der Waals surface area contributed by atoms with Gasteiger partial charge in [-0.2, -0.15) is 0 Å². The van der Waals surface area contributed by atoms with Gasteiger partial charge in [0.2, 0.25) is 0 Å². The van der Waals surface area contributed by atoms with E-state index >= 15 is 0 Å². The van der Waals surface area contributed by atoms with E-state index in [0.29, 0.717) is 0 Å². The third kappa shape index (κ3) is 1.50. The Hall–Kier alpha value is -0.830. The summed E-state index contributed by atoms with van der Waals surface area (Å²) in [6, 6.07) is 0. The Labute approximate surface area is 76.5 Å². The monoisotopic (exact) mass is 180 g/mol. The van der Waals surface area contributed by atoms with Crippen molar-refractivity contribution in [1.82, 2.24) is 4.98 Å². The van der Waals surface area contributed by atoms with E-state index in [9.17, 15) is 0 Å². The molecule has 1 aromatic rings. The smallest absolute Gasteiger partial charge is 0.185 e. The summed E-state index contributed by atoms with van der Waals surface area (Å²) >= 11 is 1.72. The molecule has 0 bridgehead atoms. The van der Waals surface area contributed by atoms with Crippen molar-refractivity contribution in [2.24, 2.45) is 0 Å². The van der Waals surface area contributed by atoms with Gasteiger partial charge in [0.1, 0.15) is 0 Å². The Morgan fingerprint density at radius 2 is 2.17 bits per heavy atom. The number of piperidine rings is 1. The van der Waals surface area contributed by atoms with E-state index in [2.05, 4.69) is 16.5 Å². The molecule has 0 unspecified atom stereocenters. The molecule has 64 valence electrons. The van der Waals surface area contributed by atoms with Crippen molar-refractivity contribution in [3.8, 4) is 0 Å². The summed E-state index contributed by atoms with van der Waals surface area (Å²) < 4.78 is 0. The van der Waals surface area contributed by atoms with E-state index < -0.39 is 0 Å². The molecule has 0 saturated carbocycles. The van der Waals surface area contributed by atoms with Crippen molar-refractivity contribution in [2.75, 3.05) is 18.0 Å². The van der Waals surface area contributed by atoms with E-state index in [4.69, 9.17) is 0 Å². The minimum absolute atomic E-state index is 1.09. The zero-order chi connectivity index (χ0) is 8.39. The van der Waals surface area contributed by atoms with Gasteiger partial charge in [-0.05, 0) is 12.8 Å². The van der Waals surface area contributed by atoms with Crippen LogP contribution in [0.25, 0.3) is 0 Å². The third-order valence-corrected chi connectivity index (χ3v) is 2.99. The van der Waals surface area contributed by atoms with Gasteiger partial charge in [0.25, 0.3) is 0 Å². The van der Waals surface area contributed by atoms with Crippen LogP contribution in [-0.2, 0) is 0 Å². The lowest BCUT2D eigenvalue weighted by molar-refractivity contribution is 0.685. The normalized spacial score (nSPS) is 18.3. The zero-order valence-electron chi connectivity index (χ0n) is 6.99. The fourth-order valence-corrected chi connectivity index (χ4v) is 2.08. The van der Waals surface area contributed by atoms with Gasteiger partial charge in [-0.3, -0.25) is 0 Å². The Morgan fingerprint density at radius 1 is 1.42 bits per heavy atom. The number of hydrogen-bond donors (Lipinski definition) is 0. The lowest BCUT2D eigenvalue weighted by atomic mass is 10.1. The molecule has 1 saturated heterocycles. The van der Waals surface area contributed by atoms with Crippen LogP contribution in [0.2, 0.25) is 0 Å². The van der Waals surface area contributed by atoms with Gasteiger partial charge in [0.15, 0.2) is 5.13 Å². The second-order valence-corrected chi connectivity index (χ2v) is 3.92. The van der Waals surface area contributed by atoms with E-state index in [0.717, 1.165) is 31.1 Å². The van der Waals surface area contributed by atoms with Crippen LogP contribution in [0.15, 0.2) is 23.7 Å². The summed E-state index contributed by atoms with van der Waals surface area (Å²) in [4.78, 5) is 6.61. The van der Waals surface area contributed by atoms with E-state index in [1.165, 1.54) is 5.57 Å². The van der Waals surface area contributed by atoms with E-state index in [-0.39, 0.29) is 0 Å². The highest BCUT2D eigenvalue weighted by Gasteiger charge is 2.14. The van der Waals surface area contributed by atoms with Crippen LogP contribution in [0.4, 0.5) is 5.13 Å². The molecule has 2 heterocycles. The van der Waals surface area contributed by atoms with E-state index in [1.807, 2.05) is 11.6 Å². The van der Waals surface area contributed by atoms with Crippen LogP contribution in [0.5, 0.6) is 0 Å². The summed E-state index contributed by atoms with van der Waals surface area (Å²) in [5, 5.41) is 3.18. The summed E-state index contributed by atoms with van der Waals surface area (Å²) in [6.07, 6.45) is 4.11. The number of anilines is 1. The van der Waals surface area contributed by atoms with Crippen LogP contribution in [-0.4, -0.2) is 18.1 Å². The summed E-state index contributed by atoms with van der Waals surface area (Å²) in [5.74, 6) is 0. The Balaban J connectivity index is 2.03. The minimum atomic E-state index is 1.09. The van der Waals surface area contributed by atoms with Crippen LogP contribution < -0.4 is 4.90 Å². The molecule has 3 heteroatoms. The third-order valence-electron chi connectivity index (χ3n) is 2.16. The van der Waals surface area contributed by atoms with Crippen molar-refractivity contribution >= 4 is 16.5 Å². The average Bonchev–Trinajstić information content (AvgIpc) is 2.58. The van der Waals surface area contributed by atoms with Gasteiger partial charge in [0.05, 0.1) is 0 Å². The first kappa shape index (κ1) is 7.80. The number of hydrogen-bond acceptors (Lipinski definition) is 3. The maximum atomic E-state index is 4.28. The first-order valence-electron chi connectivity index (χ1n) is 4.17. The molecular formula is C9H12N2S. The summed E-state index contributed by atoms with van der Waals surface area (Å²) in [7, 11) is 0. The largest absolute Gasteiger partial charge is 0.347 e. The fourth-order valence-electron chi connectivity index (χ4n) is 1.39. The zero-order valence-corrected chi connectivity index (χ0v) is 7.81. The summed E-state index contributed by atoms with van der Waals surface area (Å²) in [5.41, 5.74) is 1.38. The Kier molecular flexibility index (Phi) is 2.13. The molecule has 1 aromatic heterocycles. The molecule has 0 aromatic carbocycles. The molecule has 2 nitrogen and oxygen atoms in total. The van der Waals surface area contributed by atoms with Gasteiger partial charge >= 0.3 is 0 Å².